The zero-order valence-corrected chi connectivity index (χ0v) is 13.8. The van der Waals surface area contributed by atoms with E-state index in [-0.39, 0.29) is 17.2 Å². The Hall–Kier alpha value is -2.09. The molecule has 2 nitrogen and oxygen atoms in total. The maximum Gasteiger partial charge on any atom is 0.220 e. The lowest BCUT2D eigenvalue weighted by Gasteiger charge is -2.42. The second-order valence-electron chi connectivity index (χ2n) is 6.79. The molecule has 0 aromatic heterocycles. The molecule has 1 saturated carbocycles. The van der Waals surface area contributed by atoms with E-state index < -0.39 is 0 Å². The lowest BCUT2D eigenvalue weighted by Crippen LogP contribution is -2.45. The van der Waals surface area contributed by atoms with E-state index in [9.17, 15) is 4.79 Å². The Kier molecular flexibility index (Phi) is 4.80. The number of hydrogen-bond donors (Lipinski definition) is 1. The molecular weight excluding hydrogens is 282 g/mol. The predicted molar refractivity (Wildman–Crippen MR) is 94.5 cm³/mol. The van der Waals surface area contributed by atoms with E-state index in [1.807, 2.05) is 18.2 Å². The minimum Gasteiger partial charge on any atom is -0.355 e. The lowest BCUT2D eigenvalue weighted by atomic mass is 9.64. The van der Waals surface area contributed by atoms with Crippen LogP contribution >= 0.6 is 0 Å². The lowest BCUT2D eigenvalue weighted by molar-refractivity contribution is -0.121. The number of rotatable bonds is 6. The molecule has 23 heavy (non-hydrogen) atoms. The molecule has 1 unspecified atom stereocenters. The normalized spacial score (nSPS) is 17.1. The fraction of sp³-hybridized carbons (Fsp3) is 0.381. The Labute approximate surface area is 138 Å². The van der Waals surface area contributed by atoms with E-state index in [0.717, 1.165) is 6.54 Å². The van der Waals surface area contributed by atoms with Crippen LogP contribution in [0.25, 0.3) is 0 Å². The molecule has 1 amide bonds. The monoisotopic (exact) mass is 307 g/mol. The van der Waals surface area contributed by atoms with Gasteiger partial charge in [-0.25, -0.2) is 0 Å². The molecule has 0 radical (unpaired) electrons. The Morgan fingerprint density at radius 2 is 1.65 bits per heavy atom. The van der Waals surface area contributed by atoms with E-state index >= 15 is 0 Å². The summed E-state index contributed by atoms with van der Waals surface area (Å²) in [6.07, 6.45) is 4.15. The van der Waals surface area contributed by atoms with Gasteiger partial charge in [-0.15, -0.1) is 0 Å². The first-order chi connectivity index (χ1) is 11.2. The van der Waals surface area contributed by atoms with Crippen LogP contribution in [0.3, 0.4) is 0 Å². The summed E-state index contributed by atoms with van der Waals surface area (Å²) >= 11 is 0. The first-order valence-electron chi connectivity index (χ1n) is 8.57. The smallest absolute Gasteiger partial charge is 0.220 e. The minimum atomic E-state index is 0.156. The van der Waals surface area contributed by atoms with E-state index in [1.54, 1.807) is 0 Å². The molecule has 1 atom stereocenters. The Bertz CT molecular complexity index is 631. The molecule has 1 N–H and O–H groups in total. The molecule has 1 fully saturated rings. The summed E-state index contributed by atoms with van der Waals surface area (Å²) in [5, 5.41) is 3.19. The Morgan fingerprint density at radius 3 is 2.22 bits per heavy atom. The molecule has 0 heterocycles. The summed E-state index contributed by atoms with van der Waals surface area (Å²) in [6, 6.07) is 20.9. The third-order valence-electron chi connectivity index (χ3n) is 5.18. The highest BCUT2D eigenvalue weighted by Gasteiger charge is 2.38. The summed E-state index contributed by atoms with van der Waals surface area (Å²) in [7, 11) is 0. The highest BCUT2D eigenvalue weighted by molar-refractivity contribution is 5.77. The van der Waals surface area contributed by atoms with Crippen molar-refractivity contribution >= 4 is 5.91 Å². The van der Waals surface area contributed by atoms with Crippen molar-refractivity contribution in [2.75, 3.05) is 6.54 Å². The van der Waals surface area contributed by atoms with E-state index in [2.05, 4.69) is 54.7 Å². The second kappa shape index (κ2) is 6.99. The van der Waals surface area contributed by atoms with Gasteiger partial charge in [-0.1, -0.05) is 74.0 Å². The number of hydrogen-bond acceptors (Lipinski definition) is 1. The highest BCUT2D eigenvalue weighted by atomic mass is 16.1. The molecule has 0 bridgehead atoms. The summed E-state index contributed by atoms with van der Waals surface area (Å²) in [5.74, 6) is 0.411. The van der Waals surface area contributed by atoms with Crippen molar-refractivity contribution in [3.05, 3.63) is 71.8 Å². The van der Waals surface area contributed by atoms with Gasteiger partial charge in [0.2, 0.25) is 5.91 Å². The molecule has 2 aromatic rings. The molecule has 1 aliphatic rings. The van der Waals surface area contributed by atoms with Crippen LogP contribution in [0.1, 0.15) is 49.7 Å². The first kappa shape index (κ1) is 15.8. The van der Waals surface area contributed by atoms with Crippen molar-refractivity contribution in [3.8, 4) is 0 Å². The Balaban J connectivity index is 1.56. The summed E-state index contributed by atoms with van der Waals surface area (Å²) in [5.41, 5.74) is 2.75. The zero-order chi connectivity index (χ0) is 16.1. The largest absolute Gasteiger partial charge is 0.355 e. The highest BCUT2D eigenvalue weighted by Crippen LogP contribution is 2.43. The van der Waals surface area contributed by atoms with E-state index in [4.69, 9.17) is 0 Å². The quantitative estimate of drug-likeness (QED) is 0.841. The maximum atomic E-state index is 12.3. The molecular formula is C21H25NO. The van der Waals surface area contributed by atoms with Crippen molar-refractivity contribution < 1.29 is 4.79 Å². The van der Waals surface area contributed by atoms with Crippen molar-refractivity contribution in [3.63, 3.8) is 0 Å². The molecule has 2 aromatic carbocycles. The Morgan fingerprint density at radius 1 is 1.04 bits per heavy atom. The maximum absolute atomic E-state index is 12.3. The molecule has 3 rings (SSSR count). The molecule has 1 aliphatic carbocycles. The third kappa shape index (κ3) is 3.64. The van der Waals surface area contributed by atoms with Crippen LogP contribution < -0.4 is 5.32 Å². The van der Waals surface area contributed by atoms with Gasteiger partial charge in [0.1, 0.15) is 0 Å². The van der Waals surface area contributed by atoms with Gasteiger partial charge in [-0.2, -0.15) is 0 Å². The van der Waals surface area contributed by atoms with E-state index in [0.29, 0.717) is 6.42 Å². The van der Waals surface area contributed by atoms with Gasteiger partial charge in [0.05, 0.1) is 0 Å². The number of nitrogens with one attached hydrogen (secondary N) is 1. The number of carbonyl (C=O) groups excluding carboxylic acids is 1. The SMILES string of the molecule is CC(CC(=O)NCC1(c2ccccc2)CCC1)c1ccccc1. The van der Waals surface area contributed by atoms with Crippen LogP contribution in [0, 0.1) is 0 Å². The number of benzene rings is 2. The standard InChI is InChI=1S/C21H25NO/c1-17(18-9-4-2-5-10-18)15-20(23)22-16-21(13-8-14-21)19-11-6-3-7-12-19/h2-7,9-12,17H,8,13-16H2,1H3,(H,22,23). The fourth-order valence-electron chi connectivity index (χ4n) is 3.48. The average molecular weight is 307 g/mol. The van der Waals surface area contributed by atoms with Crippen LogP contribution in [0.15, 0.2) is 60.7 Å². The van der Waals surface area contributed by atoms with Gasteiger partial charge in [-0.3, -0.25) is 4.79 Å². The molecule has 0 spiro atoms. The molecule has 0 aliphatic heterocycles. The van der Waals surface area contributed by atoms with Crippen LogP contribution in [0.5, 0.6) is 0 Å². The van der Waals surface area contributed by atoms with Gasteiger partial charge in [0.25, 0.3) is 0 Å². The molecule has 2 heteroatoms. The number of amides is 1. The topological polar surface area (TPSA) is 29.1 Å². The van der Waals surface area contributed by atoms with Crippen molar-refractivity contribution in [1.82, 2.24) is 5.32 Å². The van der Waals surface area contributed by atoms with Gasteiger partial charge in [0.15, 0.2) is 0 Å². The summed E-state index contributed by atoms with van der Waals surface area (Å²) < 4.78 is 0. The van der Waals surface area contributed by atoms with Gasteiger partial charge in [0, 0.05) is 18.4 Å². The molecule has 120 valence electrons. The number of carbonyl (C=O) groups is 1. The average Bonchev–Trinajstić information content (AvgIpc) is 2.55. The minimum absolute atomic E-state index is 0.156. The van der Waals surface area contributed by atoms with Gasteiger partial charge in [-0.05, 0) is 29.9 Å². The van der Waals surface area contributed by atoms with Crippen LogP contribution in [0.2, 0.25) is 0 Å². The fourth-order valence-corrected chi connectivity index (χ4v) is 3.48. The predicted octanol–water partition coefficient (Wildman–Crippen LogP) is 4.42. The van der Waals surface area contributed by atoms with Gasteiger partial charge < -0.3 is 5.32 Å². The third-order valence-corrected chi connectivity index (χ3v) is 5.18. The first-order valence-corrected chi connectivity index (χ1v) is 8.57. The zero-order valence-electron chi connectivity index (χ0n) is 13.8. The molecule has 0 saturated heterocycles. The summed E-state index contributed by atoms with van der Waals surface area (Å²) in [4.78, 5) is 12.3. The van der Waals surface area contributed by atoms with Crippen molar-refractivity contribution in [1.29, 1.82) is 0 Å². The van der Waals surface area contributed by atoms with Crippen LogP contribution in [-0.4, -0.2) is 12.5 Å². The van der Waals surface area contributed by atoms with Crippen LogP contribution in [-0.2, 0) is 10.2 Å². The van der Waals surface area contributed by atoms with E-state index in [1.165, 1.54) is 30.4 Å². The summed E-state index contributed by atoms with van der Waals surface area (Å²) in [6.45, 7) is 2.88. The van der Waals surface area contributed by atoms with Crippen molar-refractivity contribution in [2.45, 2.75) is 43.9 Å². The van der Waals surface area contributed by atoms with Crippen LogP contribution in [0.4, 0.5) is 0 Å². The van der Waals surface area contributed by atoms with Crippen molar-refractivity contribution in [2.24, 2.45) is 0 Å². The van der Waals surface area contributed by atoms with Gasteiger partial charge >= 0.3 is 0 Å². The second-order valence-corrected chi connectivity index (χ2v) is 6.79.